The predicted molar refractivity (Wildman–Crippen MR) is 95.7 cm³/mol. The molecule has 2 aromatic heterocycles. The number of aromatic nitrogens is 2. The Morgan fingerprint density at radius 2 is 1.96 bits per heavy atom. The molecule has 3 rings (SSSR count). The third kappa shape index (κ3) is 5.11. The van der Waals surface area contributed by atoms with Gasteiger partial charge in [0.15, 0.2) is 6.61 Å². The van der Waals surface area contributed by atoms with Gasteiger partial charge in [0.2, 0.25) is 5.88 Å². The van der Waals surface area contributed by atoms with Crippen molar-refractivity contribution in [3.05, 3.63) is 41.9 Å². The van der Waals surface area contributed by atoms with Crippen molar-refractivity contribution in [2.24, 2.45) is 0 Å². The minimum Gasteiger partial charge on any atom is -0.495 e. The third-order valence-corrected chi connectivity index (χ3v) is 4.52. The molecule has 0 aliphatic heterocycles. The molecule has 9 heteroatoms. The molecule has 6 nitrogen and oxygen atoms in total. The molecule has 2 heterocycles. The van der Waals surface area contributed by atoms with Crippen LogP contribution in [0.15, 0.2) is 30.7 Å². The van der Waals surface area contributed by atoms with Gasteiger partial charge in [-0.25, -0.2) is 4.98 Å². The van der Waals surface area contributed by atoms with Gasteiger partial charge in [0.25, 0.3) is 5.91 Å². The van der Waals surface area contributed by atoms with Crippen LogP contribution in [0.3, 0.4) is 0 Å². The molecule has 150 valence electrons. The van der Waals surface area contributed by atoms with Gasteiger partial charge in [0, 0.05) is 11.8 Å². The molecule has 0 aromatic carbocycles. The number of halogens is 3. The van der Waals surface area contributed by atoms with Crippen LogP contribution < -0.4 is 14.8 Å². The Balaban J connectivity index is 1.81. The molecule has 0 unspecified atom stereocenters. The number of nitrogens with one attached hydrogen (secondary N) is 1. The Morgan fingerprint density at radius 1 is 1.21 bits per heavy atom. The number of nitrogens with zero attached hydrogens (tertiary/aromatic N) is 2. The second-order valence-corrected chi connectivity index (χ2v) is 6.57. The number of alkyl halides is 3. The van der Waals surface area contributed by atoms with Crippen LogP contribution in [0.4, 0.5) is 18.9 Å². The molecule has 1 aliphatic carbocycles. The molecule has 1 saturated carbocycles. The lowest BCUT2D eigenvalue weighted by atomic mass is 9.98. The molecule has 0 bridgehead atoms. The van der Waals surface area contributed by atoms with E-state index >= 15 is 0 Å². The van der Waals surface area contributed by atoms with Gasteiger partial charge in [-0.2, -0.15) is 13.2 Å². The summed E-state index contributed by atoms with van der Waals surface area (Å²) < 4.78 is 47.5. The van der Waals surface area contributed by atoms with Crippen LogP contribution in [0, 0.1) is 0 Å². The van der Waals surface area contributed by atoms with Gasteiger partial charge >= 0.3 is 6.18 Å². The minimum absolute atomic E-state index is 0.0368. The van der Waals surface area contributed by atoms with Gasteiger partial charge in [0.05, 0.1) is 30.8 Å². The molecule has 0 saturated heterocycles. The zero-order valence-corrected chi connectivity index (χ0v) is 15.3. The van der Waals surface area contributed by atoms with E-state index in [2.05, 4.69) is 15.3 Å². The highest BCUT2D eigenvalue weighted by atomic mass is 19.4. The summed E-state index contributed by atoms with van der Waals surface area (Å²) in [6.07, 6.45) is 3.40. The van der Waals surface area contributed by atoms with E-state index < -0.39 is 18.7 Å². The van der Waals surface area contributed by atoms with Crippen LogP contribution >= 0.6 is 0 Å². The van der Waals surface area contributed by atoms with Crippen LogP contribution in [-0.4, -0.2) is 35.8 Å². The topological polar surface area (TPSA) is 73.3 Å². The fourth-order valence-electron chi connectivity index (χ4n) is 3.20. The molecular weight excluding hydrogens is 375 g/mol. The molecule has 1 aliphatic rings. The maximum Gasteiger partial charge on any atom is 0.422 e. The summed E-state index contributed by atoms with van der Waals surface area (Å²) in [6.45, 7) is -1.40. The number of ether oxygens (including phenoxy) is 2. The van der Waals surface area contributed by atoms with E-state index in [4.69, 9.17) is 9.47 Å². The lowest BCUT2D eigenvalue weighted by Crippen LogP contribution is -2.20. The van der Waals surface area contributed by atoms with Gasteiger partial charge in [-0.15, -0.1) is 0 Å². The average Bonchev–Trinajstić information content (AvgIpc) is 3.21. The van der Waals surface area contributed by atoms with E-state index in [-0.39, 0.29) is 11.8 Å². The number of hydrogen-bond donors (Lipinski definition) is 1. The average molecular weight is 395 g/mol. The van der Waals surface area contributed by atoms with Gasteiger partial charge in [-0.3, -0.25) is 9.78 Å². The van der Waals surface area contributed by atoms with Crippen LogP contribution in [-0.2, 0) is 0 Å². The summed E-state index contributed by atoms with van der Waals surface area (Å²) in [5.74, 6) is 0.0409. The molecule has 1 amide bonds. The zero-order chi connectivity index (χ0) is 20.1. The molecule has 0 atom stereocenters. The second kappa shape index (κ2) is 8.45. The van der Waals surface area contributed by atoms with Gasteiger partial charge in [0.1, 0.15) is 5.75 Å². The number of carbonyl (C=O) groups is 1. The van der Waals surface area contributed by atoms with Crippen LogP contribution in [0.1, 0.15) is 47.5 Å². The lowest BCUT2D eigenvalue weighted by molar-refractivity contribution is -0.154. The first-order valence-corrected chi connectivity index (χ1v) is 8.85. The van der Waals surface area contributed by atoms with E-state index in [0.29, 0.717) is 22.6 Å². The lowest BCUT2D eigenvalue weighted by Gasteiger charge is -2.17. The van der Waals surface area contributed by atoms with Crippen molar-refractivity contribution < 1.29 is 27.4 Å². The largest absolute Gasteiger partial charge is 0.495 e. The van der Waals surface area contributed by atoms with Crippen molar-refractivity contribution in [3.8, 4) is 11.6 Å². The van der Waals surface area contributed by atoms with E-state index in [1.54, 1.807) is 6.07 Å². The normalized spacial score (nSPS) is 14.7. The summed E-state index contributed by atoms with van der Waals surface area (Å²) in [5, 5.41) is 2.70. The monoisotopic (exact) mass is 395 g/mol. The summed E-state index contributed by atoms with van der Waals surface area (Å²) in [7, 11) is 1.47. The standard InChI is InChI=1S/C19H20F3N3O3/c1-27-15-6-13(8-23-10-15)17(26)25-14-7-16(12-4-2-3-5-12)18(24-9-14)28-11-19(20,21)22/h6-10,12H,2-5,11H2,1H3,(H,25,26). The van der Waals surface area contributed by atoms with Gasteiger partial charge in [-0.05, 0) is 30.9 Å². The summed E-state index contributed by atoms with van der Waals surface area (Å²) in [6, 6.07) is 3.18. The number of rotatable bonds is 6. The van der Waals surface area contributed by atoms with E-state index in [9.17, 15) is 18.0 Å². The smallest absolute Gasteiger partial charge is 0.422 e. The van der Waals surface area contributed by atoms with Crippen molar-refractivity contribution >= 4 is 11.6 Å². The first-order chi connectivity index (χ1) is 13.4. The number of carbonyl (C=O) groups excluding carboxylic acids is 1. The maximum atomic E-state index is 12.5. The van der Waals surface area contributed by atoms with E-state index in [0.717, 1.165) is 25.7 Å². The van der Waals surface area contributed by atoms with Crippen molar-refractivity contribution in [1.29, 1.82) is 0 Å². The van der Waals surface area contributed by atoms with Crippen molar-refractivity contribution in [2.45, 2.75) is 37.8 Å². The zero-order valence-electron chi connectivity index (χ0n) is 15.3. The Morgan fingerprint density at radius 3 is 2.64 bits per heavy atom. The maximum absolute atomic E-state index is 12.5. The first kappa shape index (κ1) is 19.9. The molecular formula is C19H20F3N3O3. The summed E-state index contributed by atoms with van der Waals surface area (Å²) in [5.41, 5.74) is 1.26. The SMILES string of the molecule is COc1cncc(C(=O)Nc2cnc(OCC(F)(F)F)c(C3CCCC3)c2)c1. The van der Waals surface area contributed by atoms with Crippen molar-refractivity contribution in [1.82, 2.24) is 9.97 Å². The first-order valence-electron chi connectivity index (χ1n) is 8.85. The predicted octanol–water partition coefficient (Wildman–Crippen LogP) is 4.34. The fourth-order valence-corrected chi connectivity index (χ4v) is 3.20. The fraction of sp³-hybridized carbons (Fsp3) is 0.421. The molecule has 0 spiro atoms. The highest BCUT2D eigenvalue weighted by Gasteiger charge is 2.30. The van der Waals surface area contributed by atoms with Crippen LogP contribution in [0.25, 0.3) is 0 Å². The van der Waals surface area contributed by atoms with E-state index in [1.807, 2.05) is 0 Å². The highest BCUT2D eigenvalue weighted by molar-refractivity contribution is 6.04. The Labute approximate surface area is 160 Å². The molecule has 1 N–H and O–H groups in total. The summed E-state index contributed by atoms with van der Waals surface area (Å²) in [4.78, 5) is 20.4. The van der Waals surface area contributed by atoms with E-state index in [1.165, 1.54) is 31.8 Å². The number of pyridine rings is 2. The molecule has 28 heavy (non-hydrogen) atoms. The Hall–Kier alpha value is -2.84. The number of hydrogen-bond acceptors (Lipinski definition) is 5. The van der Waals surface area contributed by atoms with Crippen LogP contribution in [0.5, 0.6) is 11.6 Å². The third-order valence-electron chi connectivity index (χ3n) is 4.52. The van der Waals surface area contributed by atoms with Crippen molar-refractivity contribution in [3.63, 3.8) is 0 Å². The quantitative estimate of drug-likeness (QED) is 0.788. The Bertz CT molecular complexity index is 837. The number of methoxy groups -OCH3 is 1. The second-order valence-electron chi connectivity index (χ2n) is 6.57. The molecule has 1 fully saturated rings. The van der Waals surface area contributed by atoms with Gasteiger partial charge in [-0.1, -0.05) is 12.8 Å². The minimum atomic E-state index is -4.44. The van der Waals surface area contributed by atoms with Crippen molar-refractivity contribution in [2.75, 3.05) is 19.0 Å². The van der Waals surface area contributed by atoms with Gasteiger partial charge < -0.3 is 14.8 Å². The molecule has 2 aromatic rings. The number of anilines is 1. The summed E-state index contributed by atoms with van der Waals surface area (Å²) >= 11 is 0. The number of amides is 1. The Kier molecular flexibility index (Phi) is 6.01. The molecule has 0 radical (unpaired) electrons. The van der Waals surface area contributed by atoms with Crippen LogP contribution in [0.2, 0.25) is 0 Å². The highest BCUT2D eigenvalue weighted by Crippen LogP contribution is 2.39.